The number of pyridine rings is 1. The maximum atomic E-state index is 11.9. The van der Waals surface area contributed by atoms with Crippen molar-refractivity contribution in [1.82, 2.24) is 14.9 Å². The highest BCUT2D eigenvalue weighted by Gasteiger charge is 2.33. The van der Waals surface area contributed by atoms with Crippen molar-refractivity contribution < 1.29 is 19.4 Å². The van der Waals surface area contributed by atoms with Gasteiger partial charge in [0.1, 0.15) is 17.7 Å². The van der Waals surface area contributed by atoms with Crippen LogP contribution in [0, 0.1) is 6.92 Å². The zero-order valence-electron chi connectivity index (χ0n) is 22.4. The molecule has 0 radical (unpaired) electrons. The molecule has 0 aliphatic carbocycles. The number of aliphatic carboxylic acids is 1. The maximum absolute atomic E-state index is 11.9. The Balaban J connectivity index is 1.39. The minimum atomic E-state index is -0.826. The van der Waals surface area contributed by atoms with Crippen LogP contribution in [0.5, 0.6) is 5.75 Å². The second kappa shape index (κ2) is 10.6. The highest BCUT2D eigenvalue weighted by Crippen LogP contribution is 2.41. The van der Waals surface area contributed by atoms with Gasteiger partial charge in [-0.3, -0.25) is 4.79 Å². The summed E-state index contributed by atoms with van der Waals surface area (Å²) < 4.78 is 14.4. The molecule has 4 aliphatic rings. The molecular weight excluding hydrogens is 512 g/mol. The van der Waals surface area contributed by atoms with Gasteiger partial charge in [-0.2, -0.15) is 5.10 Å². The van der Waals surface area contributed by atoms with Crippen LogP contribution in [0.15, 0.2) is 59.8 Å². The number of carboxylic acid groups (broad SMARTS) is 1. The fraction of sp³-hybridized carbons (Fsp3) is 0.400. The predicted octanol–water partition coefficient (Wildman–Crippen LogP) is 5.01. The van der Waals surface area contributed by atoms with E-state index in [1.165, 1.54) is 4.91 Å². The van der Waals surface area contributed by atoms with Gasteiger partial charge in [0.2, 0.25) is 0 Å². The number of hydrogen-bond acceptors (Lipinski definition) is 7. The van der Waals surface area contributed by atoms with Crippen molar-refractivity contribution >= 4 is 28.9 Å². The average Bonchev–Trinajstić information content (AvgIpc) is 3.54. The van der Waals surface area contributed by atoms with Gasteiger partial charge in [-0.05, 0) is 61.6 Å². The van der Waals surface area contributed by atoms with Crippen LogP contribution in [-0.4, -0.2) is 52.6 Å². The molecule has 3 aromatic rings. The molecule has 6 heterocycles. The lowest BCUT2D eigenvalue weighted by Gasteiger charge is -2.41. The maximum Gasteiger partial charge on any atom is 0.307 e. The Morgan fingerprint density at radius 3 is 2.85 bits per heavy atom. The molecule has 1 saturated heterocycles. The number of rotatable bonds is 2. The number of carbonyl (C=O) groups is 1. The van der Waals surface area contributed by atoms with Crippen LogP contribution in [0.4, 0.5) is 5.69 Å². The Hall–Kier alpha value is -3.43. The van der Waals surface area contributed by atoms with Crippen LogP contribution in [0.3, 0.4) is 0 Å². The van der Waals surface area contributed by atoms with Gasteiger partial charge in [0.25, 0.3) is 0 Å². The molecule has 6 bridgehead atoms. The molecule has 1 aromatic carbocycles. The van der Waals surface area contributed by atoms with E-state index in [-0.39, 0.29) is 17.4 Å². The number of nitrogens with zero attached hydrogens (tertiary/aromatic N) is 3. The zero-order valence-corrected chi connectivity index (χ0v) is 23.2. The fourth-order valence-electron chi connectivity index (χ4n) is 5.62. The van der Waals surface area contributed by atoms with E-state index in [0.29, 0.717) is 13.2 Å². The molecule has 2 N–H and O–H groups in total. The standard InChI is InChI=1S/C30H34N4O4S/c1-20-19-34-25-17-24(32-34)29-31-18-22(39-29)15-21-7-3-4-8-26(21)37-13-5-6-14-38-30(2)9-11-33(12-10-30)28(25)23(20)16-27(35)36/h3-8,17-19,29,31H,9-16H2,1-2H3,(H,35,36)/b6-5+. The summed E-state index contributed by atoms with van der Waals surface area (Å²) in [6.45, 7) is 6.75. The normalized spacial score (nSPS) is 24.1. The van der Waals surface area contributed by atoms with Gasteiger partial charge < -0.3 is 24.8 Å². The molecule has 0 spiro atoms. The molecule has 2 aromatic heterocycles. The Morgan fingerprint density at radius 2 is 2.03 bits per heavy atom. The van der Waals surface area contributed by atoms with Gasteiger partial charge in [-0.1, -0.05) is 36.0 Å². The van der Waals surface area contributed by atoms with E-state index in [2.05, 4.69) is 35.5 Å². The van der Waals surface area contributed by atoms with Crippen molar-refractivity contribution in [2.24, 2.45) is 0 Å². The summed E-state index contributed by atoms with van der Waals surface area (Å²) in [5, 5.41) is 18.2. The van der Waals surface area contributed by atoms with Gasteiger partial charge in [-0.25, -0.2) is 4.52 Å². The van der Waals surface area contributed by atoms with E-state index in [9.17, 15) is 9.90 Å². The van der Waals surface area contributed by atoms with Crippen LogP contribution in [0.25, 0.3) is 5.52 Å². The van der Waals surface area contributed by atoms with Crippen LogP contribution < -0.4 is 15.0 Å². The highest BCUT2D eigenvalue weighted by molar-refractivity contribution is 8.03. The quantitative estimate of drug-likeness (QED) is 0.434. The topological polar surface area (TPSA) is 88.3 Å². The monoisotopic (exact) mass is 546 g/mol. The lowest BCUT2D eigenvalue weighted by molar-refractivity contribution is -0.136. The molecule has 1 unspecified atom stereocenters. The SMILES string of the molecule is Cc1cn2nc3cc2c(c1CC(=O)O)N1CCC(C)(CC1)OC/C=C/COc1ccccc1CC1=CNC3S1. The van der Waals surface area contributed by atoms with Crippen molar-refractivity contribution in [1.29, 1.82) is 0 Å². The number of aromatic nitrogens is 2. The van der Waals surface area contributed by atoms with Crippen LogP contribution in [0.1, 0.15) is 47.5 Å². The summed E-state index contributed by atoms with van der Waals surface area (Å²) in [5.41, 5.74) is 5.55. The van der Waals surface area contributed by atoms with E-state index in [1.807, 2.05) is 48.0 Å². The lowest BCUT2D eigenvalue weighted by Crippen LogP contribution is -2.45. The Labute approximate surface area is 232 Å². The van der Waals surface area contributed by atoms with Crippen molar-refractivity contribution in [3.63, 3.8) is 0 Å². The second-order valence-corrected chi connectivity index (χ2v) is 11.9. The molecule has 39 heavy (non-hydrogen) atoms. The Morgan fingerprint density at radius 1 is 1.23 bits per heavy atom. The van der Waals surface area contributed by atoms with Crippen LogP contribution >= 0.6 is 11.8 Å². The number of piperidine rings is 1. The highest BCUT2D eigenvalue weighted by atomic mass is 32.2. The summed E-state index contributed by atoms with van der Waals surface area (Å²) in [7, 11) is 0. The van der Waals surface area contributed by atoms with E-state index >= 15 is 0 Å². The molecule has 1 atom stereocenters. The minimum Gasteiger partial charge on any atom is -0.489 e. The van der Waals surface area contributed by atoms with E-state index in [4.69, 9.17) is 14.6 Å². The predicted molar refractivity (Wildman–Crippen MR) is 153 cm³/mol. The first-order valence-corrected chi connectivity index (χ1v) is 14.4. The molecule has 4 aliphatic heterocycles. The minimum absolute atomic E-state index is 0.0170. The summed E-state index contributed by atoms with van der Waals surface area (Å²) in [6.07, 6.45) is 10.5. The molecular formula is C30H34N4O4S. The lowest BCUT2D eigenvalue weighted by atomic mass is 9.92. The second-order valence-electron chi connectivity index (χ2n) is 10.7. The first-order chi connectivity index (χ1) is 18.9. The number of carboxylic acids is 1. The molecule has 7 rings (SSSR count). The van der Waals surface area contributed by atoms with Crippen LogP contribution in [-0.2, 0) is 22.4 Å². The molecule has 9 heteroatoms. The third kappa shape index (κ3) is 5.38. The number of para-hydroxylation sites is 1. The first kappa shape index (κ1) is 25.8. The van der Waals surface area contributed by atoms with E-state index in [0.717, 1.165) is 71.7 Å². The number of nitrogens with one attached hydrogen (secondary N) is 1. The summed E-state index contributed by atoms with van der Waals surface area (Å²) >= 11 is 1.76. The zero-order chi connectivity index (χ0) is 27.0. The number of ether oxygens (including phenoxy) is 2. The largest absolute Gasteiger partial charge is 0.489 e. The third-order valence-electron chi connectivity index (χ3n) is 7.84. The van der Waals surface area contributed by atoms with Gasteiger partial charge in [-0.15, -0.1) is 0 Å². The third-order valence-corrected chi connectivity index (χ3v) is 9.02. The van der Waals surface area contributed by atoms with Crippen molar-refractivity contribution in [2.45, 2.75) is 50.5 Å². The van der Waals surface area contributed by atoms with Crippen molar-refractivity contribution in [3.05, 3.63) is 82.2 Å². The molecule has 8 nitrogen and oxygen atoms in total. The van der Waals surface area contributed by atoms with Crippen LogP contribution in [0.2, 0.25) is 0 Å². The number of hydrogen-bond donors (Lipinski definition) is 2. The number of anilines is 1. The average molecular weight is 547 g/mol. The Bertz CT molecular complexity index is 1450. The smallest absolute Gasteiger partial charge is 0.307 e. The van der Waals surface area contributed by atoms with E-state index in [1.54, 1.807) is 11.8 Å². The first-order valence-electron chi connectivity index (χ1n) is 13.5. The molecule has 0 amide bonds. The van der Waals surface area contributed by atoms with E-state index < -0.39 is 5.97 Å². The molecule has 204 valence electrons. The van der Waals surface area contributed by atoms with Crippen molar-refractivity contribution in [3.8, 4) is 5.75 Å². The summed E-state index contributed by atoms with van der Waals surface area (Å²) in [6, 6.07) is 10.3. The molecule has 0 saturated carbocycles. The van der Waals surface area contributed by atoms with Gasteiger partial charge in [0, 0.05) is 36.8 Å². The summed E-state index contributed by atoms with van der Waals surface area (Å²) in [5.74, 6) is 0.0635. The van der Waals surface area contributed by atoms with Gasteiger partial charge in [0.15, 0.2) is 0 Å². The van der Waals surface area contributed by atoms with Gasteiger partial charge >= 0.3 is 5.97 Å². The number of thioether (sulfide) groups is 1. The fourth-order valence-corrected chi connectivity index (χ4v) is 6.67. The number of benzene rings is 1. The Kier molecular flexibility index (Phi) is 7.03. The summed E-state index contributed by atoms with van der Waals surface area (Å²) in [4.78, 5) is 15.4. The number of fused-ring (bicyclic) bond motifs is 6. The number of aryl methyl sites for hydroxylation is 1. The van der Waals surface area contributed by atoms with Gasteiger partial charge in [0.05, 0.1) is 35.5 Å². The number of allylic oxidation sites excluding steroid dienone is 1. The van der Waals surface area contributed by atoms with Crippen molar-refractivity contribution in [2.75, 3.05) is 31.2 Å². The molecule has 1 fully saturated rings.